The summed E-state index contributed by atoms with van der Waals surface area (Å²) in [6.45, 7) is 3.67. The SMILES string of the molecule is CCCNc1nccc(NCCNS(C)(=O)=O)n1. The van der Waals surface area contributed by atoms with Crippen LogP contribution in [0.2, 0.25) is 0 Å². The Kier molecular flexibility index (Phi) is 5.79. The molecule has 0 bridgehead atoms. The second-order valence-corrected chi connectivity index (χ2v) is 5.62. The van der Waals surface area contributed by atoms with Gasteiger partial charge in [-0.25, -0.2) is 18.1 Å². The summed E-state index contributed by atoms with van der Waals surface area (Å²) in [5.41, 5.74) is 0. The first kappa shape index (κ1) is 14.7. The molecule has 0 unspecified atom stereocenters. The van der Waals surface area contributed by atoms with E-state index in [1.54, 1.807) is 12.3 Å². The zero-order valence-corrected chi connectivity index (χ0v) is 11.4. The van der Waals surface area contributed by atoms with E-state index in [1.807, 2.05) is 0 Å². The van der Waals surface area contributed by atoms with Gasteiger partial charge in [-0.1, -0.05) is 6.92 Å². The van der Waals surface area contributed by atoms with Crippen molar-refractivity contribution in [2.75, 3.05) is 36.5 Å². The second-order valence-electron chi connectivity index (χ2n) is 3.79. The third kappa shape index (κ3) is 6.36. The van der Waals surface area contributed by atoms with Crippen molar-refractivity contribution in [1.29, 1.82) is 0 Å². The van der Waals surface area contributed by atoms with Gasteiger partial charge in [0.1, 0.15) is 5.82 Å². The van der Waals surface area contributed by atoms with Gasteiger partial charge < -0.3 is 10.6 Å². The van der Waals surface area contributed by atoms with Crippen molar-refractivity contribution in [3.8, 4) is 0 Å². The van der Waals surface area contributed by atoms with E-state index in [9.17, 15) is 8.42 Å². The van der Waals surface area contributed by atoms with Crippen molar-refractivity contribution < 1.29 is 8.42 Å². The van der Waals surface area contributed by atoms with Crippen LogP contribution in [0.1, 0.15) is 13.3 Å². The van der Waals surface area contributed by atoms with E-state index < -0.39 is 10.0 Å². The van der Waals surface area contributed by atoms with Crippen LogP contribution in [0, 0.1) is 0 Å². The lowest BCUT2D eigenvalue weighted by molar-refractivity contribution is 0.589. The number of anilines is 2. The third-order valence-corrected chi connectivity index (χ3v) is 2.71. The van der Waals surface area contributed by atoms with Crippen molar-refractivity contribution in [2.45, 2.75) is 13.3 Å². The van der Waals surface area contributed by atoms with Crippen LogP contribution in [0.15, 0.2) is 12.3 Å². The van der Waals surface area contributed by atoms with Crippen LogP contribution in [-0.2, 0) is 10.0 Å². The van der Waals surface area contributed by atoms with E-state index in [-0.39, 0.29) is 0 Å². The lowest BCUT2D eigenvalue weighted by Crippen LogP contribution is -2.27. The topological polar surface area (TPSA) is 96.0 Å². The van der Waals surface area contributed by atoms with E-state index in [2.05, 4.69) is 32.2 Å². The number of hydrogen-bond acceptors (Lipinski definition) is 6. The molecule has 0 aromatic carbocycles. The molecule has 0 aliphatic rings. The van der Waals surface area contributed by atoms with Crippen LogP contribution in [0.25, 0.3) is 0 Å². The molecule has 3 N–H and O–H groups in total. The van der Waals surface area contributed by atoms with Gasteiger partial charge in [0.2, 0.25) is 16.0 Å². The molecule has 1 aromatic rings. The van der Waals surface area contributed by atoms with Gasteiger partial charge in [0, 0.05) is 25.8 Å². The maximum Gasteiger partial charge on any atom is 0.224 e. The summed E-state index contributed by atoms with van der Waals surface area (Å²) in [5.74, 6) is 1.23. The maximum atomic E-state index is 10.8. The molecule has 8 heteroatoms. The van der Waals surface area contributed by atoms with Crippen LogP contribution >= 0.6 is 0 Å². The Balaban J connectivity index is 2.38. The van der Waals surface area contributed by atoms with Crippen LogP contribution < -0.4 is 15.4 Å². The summed E-state index contributed by atoms with van der Waals surface area (Å²) < 4.78 is 24.1. The van der Waals surface area contributed by atoms with Gasteiger partial charge in [0.15, 0.2) is 0 Å². The van der Waals surface area contributed by atoms with Gasteiger partial charge in [0.05, 0.1) is 6.26 Å². The lowest BCUT2D eigenvalue weighted by atomic mass is 10.5. The van der Waals surface area contributed by atoms with Crippen LogP contribution in [0.5, 0.6) is 0 Å². The van der Waals surface area contributed by atoms with Crippen LogP contribution in [0.3, 0.4) is 0 Å². The molecule has 0 atom stereocenters. The van der Waals surface area contributed by atoms with Crippen molar-refractivity contribution in [2.24, 2.45) is 0 Å². The minimum atomic E-state index is -3.13. The third-order valence-electron chi connectivity index (χ3n) is 1.98. The maximum absolute atomic E-state index is 10.8. The minimum absolute atomic E-state index is 0.320. The zero-order chi connectivity index (χ0) is 13.4. The lowest BCUT2D eigenvalue weighted by Gasteiger charge is -2.07. The molecule has 102 valence electrons. The molecule has 0 amide bonds. The summed E-state index contributed by atoms with van der Waals surface area (Å²) in [4.78, 5) is 8.30. The molecule has 1 rings (SSSR count). The smallest absolute Gasteiger partial charge is 0.224 e. The van der Waals surface area contributed by atoms with Crippen molar-refractivity contribution in [3.05, 3.63) is 12.3 Å². The predicted molar refractivity (Wildman–Crippen MR) is 72.1 cm³/mol. The summed E-state index contributed by atoms with van der Waals surface area (Å²) in [6, 6.07) is 1.73. The molecule has 0 fully saturated rings. The van der Waals surface area contributed by atoms with Crippen molar-refractivity contribution >= 4 is 21.8 Å². The highest BCUT2D eigenvalue weighted by molar-refractivity contribution is 7.88. The van der Waals surface area contributed by atoms with Gasteiger partial charge in [-0.15, -0.1) is 0 Å². The normalized spacial score (nSPS) is 11.2. The summed E-state index contributed by atoms with van der Waals surface area (Å²) in [6.07, 6.45) is 3.78. The first-order valence-corrected chi connectivity index (χ1v) is 7.66. The van der Waals surface area contributed by atoms with E-state index in [0.29, 0.717) is 24.9 Å². The molecule has 1 heterocycles. The average molecular weight is 273 g/mol. The van der Waals surface area contributed by atoms with Gasteiger partial charge in [-0.05, 0) is 12.5 Å². The highest BCUT2D eigenvalue weighted by Crippen LogP contribution is 2.04. The average Bonchev–Trinajstić information content (AvgIpc) is 2.31. The van der Waals surface area contributed by atoms with E-state index in [1.165, 1.54) is 0 Å². The minimum Gasteiger partial charge on any atom is -0.369 e. The molecular formula is C10H19N5O2S. The van der Waals surface area contributed by atoms with Crippen LogP contribution in [0.4, 0.5) is 11.8 Å². The van der Waals surface area contributed by atoms with Crippen molar-refractivity contribution in [1.82, 2.24) is 14.7 Å². The van der Waals surface area contributed by atoms with E-state index in [0.717, 1.165) is 19.2 Å². The predicted octanol–water partition coefficient (Wildman–Crippen LogP) is 0.260. The highest BCUT2D eigenvalue weighted by atomic mass is 32.2. The molecule has 0 aliphatic carbocycles. The fraction of sp³-hybridized carbons (Fsp3) is 0.600. The second kappa shape index (κ2) is 7.12. The Morgan fingerprint density at radius 1 is 1.22 bits per heavy atom. The Bertz CT molecular complexity index is 463. The standard InChI is InChI=1S/C10H19N5O2S/c1-3-5-12-10-13-6-4-9(15-10)11-7-8-14-18(2,16)17/h4,6,14H,3,5,7-8H2,1-2H3,(H2,11,12,13,15). The quantitative estimate of drug-likeness (QED) is 0.588. The molecule has 7 nitrogen and oxygen atoms in total. The molecular weight excluding hydrogens is 254 g/mol. The molecule has 0 radical (unpaired) electrons. The zero-order valence-electron chi connectivity index (χ0n) is 10.6. The Labute approximate surface area is 107 Å². The van der Waals surface area contributed by atoms with Gasteiger partial charge in [-0.3, -0.25) is 0 Å². The number of hydrogen-bond donors (Lipinski definition) is 3. The summed E-state index contributed by atoms with van der Waals surface area (Å²) >= 11 is 0. The monoisotopic (exact) mass is 273 g/mol. The molecule has 1 aromatic heterocycles. The van der Waals surface area contributed by atoms with Gasteiger partial charge in [0.25, 0.3) is 0 Å². The molecule has 0 aliphatic heterocycles. The number of sulfonamides is 1. The first-order chi connectivity index (χ1) is 8.51. The molecule has 0 saturated heterocycles. The highest BCUT2D eigenvalue weighted by Gasteiger charge is 2.00. The first-order valence-electron chi connectivity index (χ1n) is 5.76. The Hall–Kier alpha value is -1.41. The van der Waals surface area contributed by atoms with Crippen molar-refractivity contribution in [3.63, 3.8) is 0 Å². The van der Waals surface area contributed by atoms with E-state index >= 15 is 0 Å². The van der Waals surface area contributed by atoms with E-state index in [4.69, 9.17) is 0 Å². The van der Waals surface area contributed by atoms with Gasteiger partial charge >= 0.3 is 0 Å². The fourth-order valence-electron chi connectivity index (χ4n) is 1.21. The molecule has 18 heavy (non-hydrogen) atoms. The fourth-order valence-corrected chi connectivity index (χ4v) is 1.68. The number of aromatic nitrogens is 2. The van der Waals surface area contributed by atoms with Crippen LogP contribution in [-0.4, -0.2) is 44.3 Å². The molecule has 0 spiro atoms. The summed E-state index contributed by atoms with van der Waals surface area (Å²) in [5, 5.41) is 6.09. The summed E-state index contributed by atoms with van der Waals surface area (Å²) in [7, 11) is -3.13. The Morgan fingerprint density at radius 2 is 2.00 bits per heavy atom. The number of nitrogens with one attached hydrogen (secondary N) is 3. The largest absolute Gasteiger partial charge is 0.369 e. The Morgan fingerprint density at radius 3 is 2.67 bits per heavy atom. The number of nitrogens with zero attached hydrogens (tertiary/aromatic N) is 2. The van der Waals surface area contributed by atoms with Gasteiger partial charge in [-0.2, -0.15) is 4.98 Å². The molecule has 0 saturated carbocycles. The number of rotatable bonds is 8.